The van der Waals surface area contributed by atoms with Crippen LogP contribution in [0.4, 0.5) is 0 Å². The van der Waals surface area contributed by atoms with Crippen molar-refractivity contribution in [2.24, 2.45) is 5.92 Å². The van der Waals surface area contributed by atoms with Crippen molar-refractivity contribution in [2.45, 2.75) is 25.7 Å². The normalized spacial score (nSPS) is 26.9. The molecule has 1 saturated heterocycles. The van der Waals surface area contributed by atoms with Crippen LogP contribution in [0.25, 0.3) is 0 Å². The Morgan fingerprint density at radius 3 is 3.21 bits per heavy atom. The summed E-state index contributed by atoms with van der Waals surface area (Å²) in [5.74, 6) is 1.33. The number of hydrogen-bond acceptors (Lipinski definition) is 3. The third kappa shape index (κ3) is 2.35. The summed E-state index contributed by atoms with van der Waals surface area (Å²) in [5.41, 5.74) is 0. The number of carbonyl (C=O) groups is 1. The smallest absolute Gasteiger partial charge is 0.197 e. The highest BCUT2D eigenvalue weighted by Gasteiger charge is 2.21. The van der Waals surface area contributed by atoms with E-state index in [0.717, 1.165) is 32.4 Å². The molecule has 2 rings (SSSR count). The molecule has 1 fully saturated rings. The van der Waals surface area contributed by atoms with Gasteiger partial charge >= 0.3 is 0 Å². The highest BCUT2D eigenvalue weighted by molar-refractivity contribution is 5.93. The van der Waals surface area contributed by atoms with E-state index in [0.29, 0.717) is 24.7 Å². The lowest BCUT2D eigenvalue weighted by atomic mass is 10.00. The second-order valence-electron chi connectivity index (χ2n) is 4.05. The number of ether oxygens (including phenoxy) is 1. The summed E-state index contributed by atoms with van der Waals surface area (Å²) < 4.78 is 5.34. The zero-order valence-corrected chi connectivity index (χ0v) is 8.42. The van der Waals surface area contributed by atoms with E-state index in [1.54, 1.807) is 0 Å². The number of allylic oxidation sites excluding steroid dienone is 2. The lowest BCUT2D eigenvalue weighted by molar-refractivity contribution is -0.120. The minimum absolute atomic E-state index is 0.193. The molecule has 2 aliphatic rings. The SMILES string of the molecule is O=C(CC1CCNC1)C1=CCCCO1. The molecule has 1 N–H and O–H groups in total. The Labute approximate surface area is 84.5 Å². The molecule has 1 unspecified atom stereocenters. The van der Waals surface area contributed by atoms with E-state index in [2.05, 4.69) is 5.32 Å². The Kier molecular flexibility index (Phi) is 3.19. The first-order chi connectivity index (χ1) is 6.86. The summed E-state index contributed by atoms with van der Waals surface area (Å²) in [6.07, 6.45) is 5.75. The Hall–Kier alpha value is -0.830. The van der Waals surface area contributed by atoms with Gasteiger partial charge in [-0.05, 0) is 44.3 Å². The van der Waals surface area contributed by atoms with Crippen LogP contribution in [0.5, 0.6) is 0 Å². The average molecular weight is 195 g/mol. The standard InChI is InChI=1S/C11H17NO2/c13-10(7-9-4-5-12-8-9)11-3-1-2-6-14-11/h3,9,12H,1-2,4-8H2. The van der Waals surface area contributed by atoms with E-state index in [4.69, 9.17) is 4.74 Å². The molecule has 3 nitrogen and oxygen atoms in total. The van der Waals surface area contributed by atoms with Crippen LogP contribution in [0, 0.1) is 5.92 Å². The second-order valence-corrected chi connectivity index (χ2v) is 4.05. The van der Waals surface area contributed by atoms with Crippen molar-refractivity contribution in [3.63, 3.8) is 0 Å². The van der Waals surface area contributed by atoms with E-state index in [9.17, 15) is 4.79 Å². The number of Topliss-reactive ketones (excluding diaryl/α,β-unsaturated/α-hetero) is 1. The van der Waals surface area contributed by atoms with E-state index in [-0.39, 0.29) is 5.78 Å². The molecule has 0 saturated carbocycles. The molecular formula is C11H17NO2. The van der Waals surface area contributed by atoms with Crippen LogP contribution < -0.4 is 5.32 Å². The quantitative estimate of drug-likeness (QED) is 0.736. The van der Waals surface area contributed by atoms with Gasteiger partial charge in [-0.1, -0.05) is 0 Å². The monoisotopic (exact) mass is 195 g/mol. The zero-order valence-electron chi connectivity index (χ0n) is 8.42. The van der Waals surface area contributed by atoms with Gasteiger partial charge in [-0.15, -0.1) is 0 Å². The summed E-state index contributed by atoms with van der Waals surface area (Å²) in [7, 11) is 0. The Morgan fingerprint density at radius 1 is 1.64 bits per heavy atom. The summed E-state index contributed by atoms with van der Waals surface area (Å²) in [5, 5.41) is 3.27. The lowest BCUT2D eigenvalue weighted by Crippen LogP contribution is -2.16. The third-order valence-corrected chi connectivity index (χ3v) is 2.85. The Bertz CT molecular complexity index is 242. The van der Waals surface area contributed by atoms with Crippen LogP contribution in [0.2, 0.25) is 0 Å². The van der Waals surface area contributed by atoms with E-state index >= 15 is 0 Å². The van der Waals surface area contributed by atoms with Gasteiger partial charge in [0.1, 0.15) is 0 Å². The van der Waals surface area contributed by atoms with Gasteiger partial charge in [0.2, 0.25) is 0 Å². The molecule has 0 aromatic heterocycles. The first-order valence-electron chi connectivity index (χ1n) is 5.43. The van der Waals surface area contributed by atoms with Crippen molar-refractivity contribution in [1.29, 1.82) is 0 Å². The molecule has 0 amide bonds. The lowest BCUT2D eigenvalue weighted by Gasteiger charge is -2.15. The second kappa shape index (κ2) is 4.60. The first kappa shape index (κ1) is 9.71. The highest BCUT2D eigenvalue weighted by atomic mass is 16.5. The molecule has 0 bridgehead atoms. The van der Waals surface area contributed by atoms with Gasteiger partial charge in [0.15, 0.2) is 11.5 Å². The van der Waals surface area contributed by atoms with Gasteiger partial charge in [-0.2, -0.15) is 0 Å². The van der Waals surface area contributed by atoms with Gasteiger partial charge in [0, 0.05) is 6.42 Å². The van der Waals surface area contributed by atoms with Gasteiger partial charge in [0.25, 0.3) is 0 Å². The van der Waals surface area contributed by atoms with Crippen LogP contribution in [0.1, 0.15) is 25.7 Å². The van der Waals surface area contributed by atoms with Crippen molar-refractivity contribution in [3.05, 3.63) is 11.8 Å². The Balaban J connectivity index is 1.84. The van der Waals surface area contributed by atoms with Gasteiger partial charge in [-0.3, -0.25) is 4.79 Å². The largest absolute Gasteiger partial charge is 0.490 e. The van der Waals surface area contributed by atoms with Crippen molar-refractivity contribution in [2.75, 3.05) is 19.7 Å². The van der Waals surface area contributed by atoms with Crippen LogP contribution in [0.15, 0.2) is 11.8 Å². The van der Waals surface area contributed by atoms with E-state index in [1.165, 1.54) is 0 Å². The predicted octanol–water partition coefficient (Wildman–Crippen LogP) is 1.25. The highest BCUT2D eigenvalue weighted by Crippen LogP contribution is 2.18. The molecule has 0 aliphatic carbocycles. The summed E-state index contributed by atoms with van der Waals surface area (Å²) in [6, 6.07) is 0. The summed E-state index contributed by atoms with van der Waals surface area (Å²) in [6.45, 7) is 2.75. The minimum atomic E-state index is 0.193. The molecule has 78 valence electrons. The van der Waals surface area contributed by atoms with Crippen LogP contribution in [0.3, 0.4) is 0 Å². The zero-order chi connectivity index (χ0) is 9.80. The summed E-state index contributed by atoms with van der Waals surface area (Å²) in [4.78, 5) is 11.7. The van der Waals surface area contributed by atoms with E-state index in [1.807, 2.05) is 6.08 Å². The number of carbonyl (C=O) groups excluding carboxylic acids is 1. The van der Waals surface area contributed by atoms with Crippen molar-refractivity contribution >= 4 is 5.78 Å². The summed E-state index contributed by atoms with van der Waals surface area (Å²) >= 11 is 0. The number of ketones is 1. The topological polar surface area (TPSA) is 38.3 Å². The van der Waals surface area contributed by atoms with Gasteiger partial charge in [0.05, 0.1) is 6.61 Å². The van der Waals surface area contributed by atoms with Crippen LogP contribution >= 0.6 is 0 Å². The molecular weight excluding hydrogens is 178 g/mol. The molecule has 0 aromatic carbocycles. The number of rotatable bonds is 3. The van der Waals surface area contributed by atoms with Crippen LogP contribution in [-0.4, -0.2) is 25.5 Å². The van der Waals surface area contributed by atoms with Crippen molar-refractivity contribution in [1.82, 2.24) is 5.32 Å². The first-order valence-corrected chi connectivity index (χ1v) is 5.43. The number of nitrogens with one attached hydrogen (secondary N) is 1. The van der Waals surface area contributed by atoms with Crippen molar-refractivity contribution in [3.8, 4) is 0 Å². The fourth-order valence-corrected chi connectivity index (χ4v) is 2.00. The molecule has 2 aliphatic heterocycles. The molecule has 14 heavy (non-hydrogen) atoms. The van der Waals surface area contributed by atoms with Gasteiger partial charge < -0.3 is 10.1 Å². The number of hydrogen-bond donors (Lipinski definition) is 1. The van der Waals surface area contributed by atoms with Crippen LogP contribution in [-0.2, 0) is 9.53 Å². The molecule has 2 heterocycles. The molecule has 0 radical (unpaired) electrons. The maximum absolute atomic E-state index is 11.7. The van der Waals surface area contributed by atoms with Crippen molar-refractivity contribution < 1.29 is 9.53 Å². The molecule has 3 heteroatoms. The fraction of sp³-hybridized carbons (Fsp3) is 0.727. The maximum atomic E-state index is 11.7. The Morgan fingerprint density at radius 2 is 2.57 bits per heavy atom. The third-order valence-electron chi connectivity index (χ3n) is 2.85. The van der Waals surface area contributed by atoms with Gasteiger partial charge in [-0.25, -0.2) is 0 Å². The predicted molar refractivity (Wildman–Crippen MR) is 53.9 cm³/mol. The molecule has 1 atom stereocenters. The average Bonchev–Trinajstić information content (AvgIpc) is 2.72. The fourth-order valence-electron chi connectivity index (χ4n) is 2.00. The molecule has 0 spiro atoms. The van der Waals surface area contributed by atoms with E-state index < -0.39 is 0 Å². The maximum Gasteiger partial charge on any atom is 0.197 e. The molecule has 0 aromatic rings. The minimum Gasteiger partial charge on any atom is -0.490 e.